The molecule has 0 nitrogen and oxygen atoms in total. The van der Waals surface area contributed by atoms with Crippen molar-refractivity contribution in [3.8, 4) is 22.9 Å². The minimum absolute atomic E-state index is 0.263. The van der Waals surface area contributed by atoms with E-state index in [1.807, 2.05) is 0 Å². The van der Waals surface area contributed by atoms with Crippen LogP contribution >= 0.6 is 0 Å². The summed E-state index contributed by atoms with van der Waals surface area (Å²) >= 11 is 0. The SMILES string of the molecule is C[Si](C)(C)C#CC(C#C[Si](C)(C)C)=C1C23C=CC=CC12CCC3. The van der Waals surface area contributed by atoms with Crippen LogP contribution in [0.2, 0.25) is 39.3 Å². The minimum Gasteiger partial charge on any atom is -0.126 e. The lowest BCUT2D eigenvalue weighted by atomic mass is 9.92. The molecular formula is C21H28Si2. The van der Waals surface area contributed by atoms with E-state index in [9.17, 15) is 0 Å². The number of hydrogen-bond donors (Lipinski definition) is 0. The Labute approximate surface area is 144 Å². The van der Waals surface area contributed by atoms with E-state index >= 15 is 0 Å². The smallest absolute Gasteiger partial charge is 0.126 e. The van der Waals surface area contributed by atoms with Gasteiger partial charge in [-0.05, 0) is 18.4 Å². The van der Waals surface area contributed by atoms with Gasteiger partial charge in [0.2, 0.25) is 0 Å². The molecule has 3 aliphatic rings. The summed E-state index contributed by atoms with van der Waals surface area (Å²) < 4.78 is 0. The van der Waals surface area contributed by atoms with E-state index in [4.69, 9.17) is 0 Å². The Balaban J connectivity index is 2.13. The van der Waals surface area contributed by atoms with Crippen molar-refractivity contribution >= 4 is 16.1 Å². The summed E-state index contributed by atoms with van der Waals surface area (Å²) in [5.74, 6) is 7.08. The van der Waals surface area contributed by atoms with Crippen molar-refractivity contribution in [2.24, 2.45) is 10.8 Å². The zero-order valence-electron chi connectivity index (χ0n) is 15.4. The number of rotatable bonds is 0. The highest BCUT2D eigenvalue weighted by Crippen LogP contribution is 2.80. The Morgan fingerprint density at radius 1 is 0.826 bits per heavy atom. The third kappa shape index (κ3) is 2.84. The van der Waals surface area contributed by atoms with Crippen LogP contribution in [0.4, 0.5) is 0 Å². The molecule has 0 spiro atoms. The third-order valence-corrected chi connectivity index (χ3v) is 6.77. The van der Waals surface area contributed by atoms with Crippen LogP contribution in [0, 0.1) is 33.8 Å². The van der Waals surface area contributed by atoms with Gasteiger partial charge in [0.25, 0.3) is 0 Å². The van der Waals surface area contributed by atoms with Gasteiger partial charge in [-0.15, -0.1) is 11.1 Å². The van der Waals surface area contributed by atoms with Crippen LogP contribution < -0.4 is 0 Å². The largest absolute Gasteiger partial charge is 0.129 e. The first-order valence-corrected chi connectivity index (χ1v) is 15.8. The molecule has 0 aliphatic heterocycles. The van der Waals surface area contributed by atoms with Gasteiger partial charge in [0.1, 0.15) is 16.1 Å². The molecule has 0 amide bonds. The van der Waals surface area contributed by atoms with E-state index in [1.54, 1.807) is 0 Å². The first kappa shape index (κ1) is 16.6. The Morgan fingerprint density at radius 2 is 1.26 bits per heavy atom. The minimum atomic E-state index is -1.39. The second kappa shape index (κ2) is 5.13. The molecule has 0 radical (unpaired) electrons. The molecule has 0 bridgehead atoms. The highest BCUT2D eigenvalue weighted by molar-refractivity contribution is 6.84. The average Bonchev–Trinajstić information content (AvgIpc) is 2.80. The molecule has 0 N–H and O–H groups in total. The van der Waals surface area contributed by atoms with Crippen LogP contribution in [0.25, 0.3) is 0 Å². The molecular weight excluding hydrogens is 308 g/mol. The summed E-state index contributed by atoms with van der Waals surface area (Å²) in [4.78, 5) is 0. The van der Waals surface area contributed by atoms with Crippen LogP contribution in [0.3, 0.4) is 0 Å². The van der Waals surface area contributed by atoms with Crippen molar-refractivity contribution in [3.05, 3.63) is 35.5 Å². The van der Waals surface area contributed by atoms with Gasteiger partial charge in [0.05, 0.1) is 5.57 Å². The highest BCUT2D eigenvalue weighted by Gasteiger charge is 2.73. The molecule has 2 fully saturated rings. The van der Waals surface area contributed by atoms with Crippen LogP contribution in [-0.2, 0) is 0 Å². The number of hydrogen-bond acceptors (Lipinski definition) is 0. The van der Waals surface area contributed by atoms with Crippen LogP contribution in [0.15, 0.2) is 35.5 Å². The molecule has 0 aromatic rings. The van der Waals surface area contributed by atoms with Crippen LogP contribution in [0.1, 0.15) is 19.3 Å². The molecule has 120 valence electrons. The zero-order chi connectivity index (χ0) is 16.9. The average molecular weight is 337 g/mol. The van der Waals surface area contributed by atoms with Gasteiger partial charge >= 0.3 is 0 Å². The molecule has 0 aromatic carbocycles. The van der Waals surface area contributed by atoms with Gasteiger partial charge in [-0.3, -0.25) is 0 Å². The van der Waals surface area contributed by atoms with E-state index in [-0.39, 0.29) is 10.8 Å². The van der Waals surface area contributed by atoms with Crippen molar-refractivity contribution in [1.82, 2.24) is 0 Å². The predicted octanol–water partition coefficient (Wildman–Crippen LogP) is 5.34. The standard InChI is InChI=1S/C21H28Si2/c1-22(2,3)16-10-18(11-17-23(4,5)6)19-20-12-7-8-13-21(19,20)15-9-14-20/h7-8,12-13H,9,14-15H2,1-6H3. The first-order chi connectivity index (χ1) is 10.6. The van der Waals surface area contributed by atoms with Crippen molar-refractivity contribution in [3.63, 3.8) is 0 Å². The van der Waals surface area contributed by atoms with E-state index in [0.717, 1.165) is 5.57 Å². The van der Waals surface area contributed by atoms with E-state index in [1.165, 1.54) is 24.8 Å². The Kier molecular flexibility index (Phi) is 3.71. The topological polar surface area (TPSA) is 0 Å². The first-order valence-electron chi connectivity index (χ1n) is 8.78. The van der Waals surface area contributed by atoms with E-state index in [0.29, 0.717) is 0 Å². The van der Waals surface area contributed by atoms with E-state index in [2.05, 4.69) is 86.5 Å². The fourth-order valence-corrected chi connectivity index (χ4v) is 5.07. The molecule has 2 unspecified atom stereocenters. The van der Waals surface area contributed by atoms with Gasteiger partial charge < -0.3 is 0 Å². The van der Waals surface area contributed by atoms with Crippen molar-refractivity contribution < 1.29 is 0 Å². The summed E-state index contributed by atoms with van der Waals surface area (Å²) in [6, 6.07) is 0. The van der Waals surface area contributed by atoms with Crippen LogP contribution in [-0.4, -0.2) is 16.1 Å². The zero-order valence-corrected chi connectivity index (χ0v) is 17.4. The highest BCUT2D eigenvalue weighted by atomic mass is 28.3. The molecule has 3 rings (SSSR count). The molecule has 3 aliphatic carbocycles. The second-order valence-electron chi connectivity index (χ2n) is 9.26. The van der Waals surface area contributed by atoms with Gasteiger partial charge in [-0.2, -0.15) is 0 Å². The second-order valence-corrected chi connectivity index (χ2v) is 18.8. The summed E-state index contributed by atoms with van der Waals surface area (Å²) in [5.41, 5.74) is 10.4. The molecule has 0 heterocycles. The van der Waals surface area contributed by atoms with Crippen molar-refractivity contribution in [2.45, 2.75) is 58.5 Å². The maximum Gasteiger partial charge on any atom is 0.129 e. The molecule has 0 aromatic heterocycles. The molecule has 2 saturated carbocycles. The van der Waals surface area contributed by atoms with Gasteiger partial charge in [0.15, 0.2) is 0 Å². The van der Waals surface area contributed by atoms with E-state index < -0.39 is 16.1 Å². The Morgan fingerprint density at radius 3 is 1.65 bits per heavy atom. The fourth-order valence-electron chi connectivity index (χ4n) is 4.07. The fraction of sp³-hybridized carbons (Fsp3) is 0.524. The lowest BCUT2D eigenvalue weighted by Gasteiger charge is -2.10. The maximum atomic E-state index is 3.57. The lowest BCUT2D eigenvalue weighted by Crippen LogP contribution is -2.17. The third-order valence-electron chi connectivity index (χ3n) is 5.02. The quantitative estimate of drug-likeness (QED) is 0.414. The van der Waals surface area contributed by atoms with Gasteiger partial charge in [-0.1, -0.05) is 81.8 Å². The summed E-state index contributed by atoms with van der Waals surface area (Å²) in [7, 11) is -2.78. The Bertz CT molecular complexity index is 682. The maximum absolute atomic E-state index is 3.57. The molecule has 0 saturated heterocycles. The molecule has 2 heteroatoms. The Hall–Kier alpha value is -1.23. The molecule has 2 atom stereocenters. The normalized spacial score (nSPS) is 30.6. The predicted molar refractivity (Wildman–Crippen MR) is 106 cm³/mol. The summed E-state index contributed by atoms with van der Waals surface area (Å²) in [6.45, 7) is 13.9. The van der Waals surface area contributed by atoms with Crippen molar-refractivity contribution in [1.29, 1.82) is 0 Å². The van der Waals surface area contributed by atoms with Crippen LogP contribution in [0.5, 0.6) is 0 Å². The summed E-state index contributed by atoms with van der Waals surface area (Å²) in [6.07, 6.45) is 13.2. The van der Waals surface area contributed by atoms with Gasteiger partial charge in [0, 0.05) is 10.8 Å². The number of allylic oxidation sites excluding steroid dienone is 6. The monoisotopic (exact) mass is 336 g/mol. The van der Waals surface area contributed by atoms with Gasteiger partial charge in [-0.25, -0.2) is 0 Å². The summed E-state index contributed by atoms with van der Waals surface area (Å²) in [5, 5.41) is 0. The van der Waals surface area contributed by atoms with Crippen molar-refractivity contribution in [2.75, 3.05) is 0 Å². The molecule has 23 heavy (non-hydrogen) atoms. The lowest BCUT2D eigenvalue weighted by molar-refractivity contribution is 0.552.